The second kappa shape index (κ2) is 6.45. The molecule has 0 aliphatic carbocycles. The van der Waals surface area contributed by atoms with Crippen LogP contribution in [0.1, 0.15) is 31.7 Å². The summed E-state index contributed by atoms with van der Waals surface area (Å²) in [6, 6.07) is 2.93. The van der Waals surface area contributed by atoms with Crippen molar-refractivity contribution in [2.45, 2.75) is 38.6 Å². The minimum Gasteiger partial charge on any atom is -0.321 e. The average Bonchev–Trinajstić information content (AvgIpc) is 2.30. The van der Waals surface area contributed by atoms with Crippen molar-refractivity contribution in [3.8, 4) is 0 Å². The maximum Gasteiger partial charge on any atom is 0.154 e. The molecule has 1 atom stereocenters. The summed E-state index contributed by atoms with van der Waals surface area (Å²) in [7, 11) is 0. The largest absolute Gasteiger partial charge is 0.321 e. The summed E-state index contributed by atoms with van der Waals surface area (Å²) >= 11 is 0. The third-order valence-electron chi connectivity index (χ3n) is 2.69. The van der Waals surface area contributed by atoms with E-state index < -0.39 is 17.7 Å². The molecule has 0 saturated heterocycles. The molecule has 0 fully saturated rings. The fourth-order valence-corrected chi connectivity index (χ4v) is 1.59. The van der Waals surface area contributed by atoms with E-state index in [0.717, 1.165) is 25.0 Å². The number of benzene rings is 1. The first kappa shape index (κ1) is 13.8. The van der Waals surface area contributed by atoms with Crippen molar-refractivity contribution in [3.05, 3.63) is 35.4 Å². The summed E-state index contributed by atoms with van der Waals surface area (Å²) in [5, 5.41) is 0. The van der Waals surface area contributed by atoms with Gasteiger partial charge in [-0.25, -0.2) is 8.78 Å². The first-order valence-corrected chi connectivity index (χ1v) is 5.77. The van der Waals surface area contributed by atoms with Gasteiger partial charge in [0.15, 0.2) is 5.78 Å². The van der Waals surface area contributed by atoms with Gasteiger partial charge in [-0.15, -0.1) is 0 Å². The lowest BCUT2D eigenvalue weighted by molar-refractivity contribution is -0.119. The number of ketones is 1. The Labute approximate surface area is 99.8 Å². The zero-order valence-electron chi connectivity index (χ0n) is 9.88. The molecule has 0 aliphatic rings. The van der Waals surface area contributed by atoms with Gasteiger partial charge in [0.25, 0.3) is 0 Å². The Hall–Kier alpha value is -1.29. The van der Waals surface area contributed by atoms with E-state index >= 15 is 0 Å². The predicted octanol–water partition coefficient (Wildman–Crippen LogP) is 2.59. The SMILES string of the molecule is CCCCC(N)C(=O)Cc1c(F)cccc1F. The zero-order valence-corrected chi connectivity index (χ0v) is 9.88. The van der Waals surface area contributed by atoms with E-state index in [9.17, 15) is 13.6 Å². The summed E-state index contributed by atoms with van der Waals surface area (Å²) in [5.41, 5.74) is 5.47. The van der Waals surface area contributed by atoms with Crippen LogP contribution in [0.2, 0.25) is 0 Å². The molecule has 2 N–H and O–H groups in total. The van der Waals surface area contributed by atoms with Gasteiger partial charge in [0.1, 0.15) is 11.6 Å². The highest BCUT2D eigenvalue weighted by atomic mass is 19.1. The smallest absolute Gasteiger partial charge is 0.154 e. The van der Waals surface area contributed by atoms with Crippen LogP contribution in [0.5, 0.6) is 0 Å². The Balaban J connectivity index is 2.68. The number of nitrogens with two attached hydrogens (primary N) is 1. The number of hydrogen-bond donors (Lipinski definition) is 1. The molecule has 17 heavy (non-hydrogen) atoms. The van der Waals surface area contributed by atoms with E-state index in [4.69, 9.17) is 5.73 Å². The van der Waals surface area contributed by atoms with Crippen LogP contribution in [-0.2, 0) is 11.2 Å². The lowest BCUT2D eigenvalue weighted by Crippen LogP contribution is -2.32. The number of halogens is 2. The Bertz CT molecular complexity index is 373. The molecule has 1 rings (SSSR count). The normalized spacial score (nSPS) is 12.5. The maximum absolute atomic E-state index is 13.3. The fourth-order valence-electron chi connectivity index (χ4n) is 1.59. The van der Waals surface area contributed by atoms with Crippen LogP contribution in [0, 0.1) is 11.6 Å². The molecule has 0 aromatic heterocycles. The van der Waals surface area contributed by atoms with Crippen molar-refractivity contribution < 1.29 is 13.6 Å². The molecule has 4 heteroatoms. The number of carbonyl (C=O) groups excluding carboxylic acids is 1. The Kier molecular flexibility index (Phi) is 5.22. The third kappa shape index (κ3) is 3.89. The predicted molar refractivity (Wildman–Crippen MR) is 62.6 cm³/mol. The van der Waals surface area contributed by atoms with E-state index in [1.165, 1.54) is 6.07 Å². The molecule has 1 unspecified atom stereocenters. The summed E-state index contributed by atoms with van der Waals surface area (Å²) in [4.78, 5) is 11.7. The van der Waals surface area contributed by atoms with Crippen molar-refractivity contribution in [1.29, 1.82) is 0 Å². The van der Waals surface area contributed by atoms with Crippen LogP contribution in [0.3, 0.4) is 0 Å². The molecule has 2 nitrogen and oxygen atoms in total. The zero-order chi connectivity index (χ0) is 12.8. The summed E-state index contributed by atoms with van der Waals surface area (Å²) in [5.74, 6) is -1.70. The molecule has 0 saturated carbocycles. The second-order valence-corrected chi connectivity index (χ2v) is 4.09. The van der Waals surface area contributed by atoms with Crippen LogP contribution in [0.15, 0.2) is 18.2 Å². The average molecular weight is 241 g/mol. The Morgan fingerprint density at radius 2 is 1.94 bits per heavy atom. The molecular formula is C13H17F2NO. The number of unbranched alkanes of at least 4 members (excludes halogenated alkanes) is 1. The molecule has 94 valence electrons. The van der Waals surface area contributed by atoms with Crippen LogP contribution < -0.4 is 5.73 Å². The van der Waals surface area contributed by atoms with Crippen molar-refractivity contribution in [2.75, 3.05) is 0 Å². The van der Waals surface area contributed by atoms with Gasteiger partial charge >= 0.3 is 0 Å². The Morgan fingerprint density at radius 3 is 2.47 bits per heavy atom. The van der Waals surface area contributed by atoms with Crippen molar-refractivity contribution in [2.24, 2.45) is 5.73 Å². The Morgan fingerprint density at radius 1 is 1.35 bits per heavy atom. The molecule has 0 heterocycles. The molecular weight excluding hydrogens is 224 g/mol. The number of carbonyl (C=O) groups is 1. The van der Waals surface area contributed by atoms with Gasteiger partial charge in [0.2, 0.25) is 0 Å². The van der Waals surface area contributed by atoms with Gasteiger partial charge < -0.3 is 5.73 Å². The van der Waals surface area contributed by atoms with E-state index in [2.05, 4.69) is 0 Å². The highest BCUT2D eigenvalue weighted by Crippen LogP contribution is 2.14. The number of Topliss-reactive ketones (excluding diaryl/α,β-unsaturated/α-hetero) is 1. The highest BCUT2D eigenvalue weighted by Gasteiger charge is 2.17. The summed E-state index contributed by atoms with van der Waals surface area (Å²) in [6.45, 7) is 1.99. The topological polar surface area (TPSA) is 43.1 Å². The summed E-state index contributed by atoms with van der Waals surface area (Å²) < 4.78 is 26.6. The van der Waals surface area contributed by atoms with Gasteiger partial charge in [-0.2, -0.15) is 0 Å². The number of hydrogen-bond acceptors (Lipinski definition) is 2. The fraction of sp³-hybridized carbons (Fsp3) is 0.462. The van der Waals surface area contributed by atoms with Crippen LogP contribution in [0.4, 0.5) is 8.78 Å². The van der Waals surface area contributed by atoms with Crippen molar-refractivity contribution in [3.63, 3.8) is 0 Å². The minimum absolute atomic E-state index is 0.190. The van der Waals surface area contributed by atoms with Crippen LogP contribution in [0.25, 0.3) is 0 Å². The van der Waals surface area contributed by atoms with Gasteiger partial charge in [-0.05, 0) is 18.6 Å². The van der Waals surface area contributed by atoms with Crippen LogP contribution in [-0.4, -0.2) is 11.8 Å². The standard InChI is InChI=1S/C13H17F2NO/c1-2-3-7-12(16)13(17)8-9-10(14)5-4-6-11(9)15/h4-6,12H,2-3,7-8,16H2,1H3. The molecule has 0 amide bonds. The number of rotatable bonds is 6. The molecule has 0 radical (unpaired) electrons. The van der Waals surface area contributed by atoms with Gasteiger partial charge in [-0.1, -0.05) is 25.8 Å². The minimum atomic E-state index is -0.693. The quantitative estimate of drug-likeness (QED) is 0.831. The molecule has 1 aromatic carbocycles. The molecule has 0 spiro atoms. The first-order valence-electron chi connectivity index (χ1n) is 5.77. The van der Waals surface area contributed by atoms with Gasteiger partial charge in [-0.3, -0.25) is 4.79 Å². The van der Waals surface area contributed by atoms with Crippen molar-refractivity contribution >= 4 is 5.78 Å². The van der Waals surface area contributed by atoms with E-state index in [1.807, 2.05) is 6.92 Å². The van der Waals surface area contributed by atoms with Crippen molar-refractivity contribution in [1.82, 2.24) is 0 Å². The summed E-state index contributed by atoms with van der Waals surface area (Å²) in [6.07, 6.45) is 2.07. The highest BCUT2D eigenvalue weighted by molar-refractivity contribution is 5.85. The first-order chi connectivity index (χ1) is 8.06. The van der Waals surface area contributed by atoms with Crippen LogP contribution >= 0.6 is 0 Å². The van der Waals surface area contributed by atoms with E-state index in [1.54, 1.807) is 0 Å². The van der Waals surface area contributed by atoms with Gasteiger partial charge in [0, 0.05) is 12.0 Å². The monoisotopic (exact) mass is 241 g/mol. The third-order valence-corrected chi connectivity index (χ3v) is 2.69. The lowest BCUT2D eigenvalue weighted by atomic mass is 10.00. The van der Waals surface area contributed by atoms with Gasteiger partial charge in [0.05, 0.1) is 6.04 Å². The van der Waals surface area contributed by atoms with E-state index in [0.29, 0.717) is 6.42 Å². The second-order valence-electron chi connectivity index (χ2n) is 4.09. The molecule has 0 bridgehead atoms. The molecule has 1 aromatic rings. The van der Waals surface area contributed by atoms with E-state index in [-0.39, 0.29) is 17.8 Å². The molecule has 0 aliphatic heterocycles. The lowest BCUT2D eigenvalue weighted by Gasteiger charge is -2.10. The maximum atomic E-state index is 13.3.